The average molecular weight is 234 g/mol. The summed E-state index contributed by atoms with van der Waals surface area (Å²) in [5, 5.41) is 9.42. The van der Waals surface area contributed by atoms with E-state index in [9.17, 15) is 9.90 Å². The molecule has 0 saturated carbocycles. The molecule has 0 fully saturated rings. The van der Waals surface area contributed by atoms with Crippen molar-refractivity contribution in [3.05, 3.63) is 29.3 Å². The van der Waals surface area contributed by atoms with Gasteiger partial charge in [0.2, 0.25) is 0 Å². The van der Waals surface area contributed by atoms with Crippen molar-refractivity contribution in [2.45, 2.75) is 32.6 Å². The molecular weight excluding hydrogens is 216 g/mol. The van der Waals surface area contributed by atoms with Gasteiger partial charge in [0.1, 0.15) is 5.75 Å². The molecule has 0 saturated heterocycles. The average Bonchev–Trinajstić information content (AvgIpc) is 2.71. The largest absolute Gasteiger partial charge is 0.508 e. The van der Waals surface area contributed by atoms with Crippen LogP contribution in [0.4, 0.5) is 0 Å². The van der Waals surface area contributed by atoms with Crippen molar-refractivity contribution in [3.63, 3.8) is 0 Å². The molecular formula is C14H18O3. The van der Waals surface area contributed by atoms with E-state index in [0.717, 1.165) is 18.4 Å². The number of fused-ring (bicyclic) bond motifs is 1. The smallest absolute Gasteiger partial charge is 0.309 e. The predicted octanol–water partition coefficient (Wildman–Crippen LogP) is 2.62. The fourth-order valence-electron chi connectivity index (χ4n) is 2.59. The van der Waals surface area contributed by atoms with Gasteiger partial charge in [0.25, 0.3) is 0 Å². The summed E-state index contributed by atoms with van der Waals surface area (Å²) in [6.07, 6.45) is 1.89. The number of esters is 1. The fraction of sp³-hybridized carbons (Fsp3) is 0.500. The van der Waals surface area contributed by atoms with Crippen LogP contribution in [0.2, 0.25) is 0 Å². The van der Waals surface area contributed by atoms with Gasteiger partial charge in [-0.3, -0.25) is 4.79 Å². The first-order chi connectivity index (χ1) is 8.13. The lowest BCUT2D eigenvalue weighted by molar-refractivity contribution is -0.148. The van der Waals surface area contributed by atoms with Gasteiger partial charge in [-0.05, 0) is 48.9 Å². The molecule has 17 heavy (non-hydrogen) atoms. The molecule has 1 aliphatic rings. The minimum absolute atomic E-state index is 0.110. The number of phenols is 1. The van der Waals surface area contributed by atoms with Gasteiger partial charge in [-0.25, -0.2) is 0 Å². The van der Waals surface area contributed by atoms with Gasteiger partial charge in [-0.1, -0.05) is 13.0 Å². The SMILES string of the molecule is CCOC(=O)[C@@H](C)C1CCc2cc(O)ccc21. The van der Waals surface area contributed by atoms with Crippen LogP contribution in [-0.4, -0.2) is 17.7 Å². The van der Waals surface area contributed by atoms with Gasteiger partial charge in [0, 0.05) is 0 Å². The van der Waals surface area contributed by atoms with Crippen molar-refractivity contribution >= 4 is 5.97 Å². The third-order valence-corrected chi connectivity index (χ3v) is 3.51. The second kappa shape index (κ2) is 4.78. The summed E-state index contributed by atoms with van der Waals surface area (Å²) in [4.78, 5) is 11.7. The second-order valence-corrected chi connectivity index (χ2v) is 4.57. The van der Waals surface area contributed by atoms with Gasteiger partial charge in [0.05, 0.1) is 12.5 Å². The third kappa shape index (κ3) is 2.28. The van der Waals surface area contributed by atoms with E-state index >= 15 is 0 Å². The van der Waals surface area contributed by atoms with Crippen molar-refractivity contribution in [2.75, 3.05) is 6.61 Å². The quantitative estimate of drug-likeness (QED) is 0.818. The van der Waals surface area contributed by atoms with Crippen LogP contribution >= 0.6 is 0 Å². The maximum atomic E-state index is 11.7. The number of carbonyl (C=O) groups excluding carboxylic acids is 1. The Bertz CT molecular complexity index is 425. The van der Waals surface area contributed by atoms with Crippen LogP contribution in [0.5, 0.6) is 5.75 Å². The van der Waals surface area contributed by atoms with E-state index in [1.807, 2.05) is 19.9 Å². The maximum Gasteiger partial charge on any atom is 0.309 e. The van der Waals surface area contributed by atoms with E-state index in [-0.39, 0.29) is 17.8 Å². The lowest BCUT2D eigenvalue weighted by Crippen LogP contribution is -2.20. The summed E-state index contributed by atoms with van der Waals surface area (Å²) in [6, 6.07) is 5.42. The first-order valence-corrected chi connectivity index (χ1v) is 6.12. The number of rotatable bonds is 3. The predicted molar refractivity (Wildman–Crippen MR) is 65.0 cm³/mol. The topological polar surface area (TPSA) is 46.5 Å². The fourth-order valence-corrected chi connectivity index (χ4v) is 2.59. The Hall–Kier alpha value is -1.51. The van der Waals surface area contributed by atoms with Crippen LogP contribution in [-0.2, 0) is 16.0 Å². The molecule has 1 aromatic rings. The van der Waals surface area contributed by atoms with Gasteiger partial charge in [0.15, 0.2) is 0 Å². The normalized spacial score (nSPS) is 19.8. The molecule has 3 nitrogen and oxygen atoms in total. The van der Waals surface area contributed by atoms with Crippen LogP contribution in [0.15, 0.2) is 18.2 Å². The van der Waals surface area contributed by atoms with Gasteiger partial charge in [-0.2, -0.15) is 0 Å². The molecule has 92 valence electrons. The van der Waals surface area contributed by atoms with Crippen molar-refractivity contribution in [1.82, 2.24) is 0 Å². The number of hydrogen-bond donors (Lipinski definition) is 1. The summed E-state index contributed by atoms with van der Waals surface area (Å²) in [7, 11) is 0. The molecule has 1 unspecified atom stereocenters. The molecule has 2 atom stereocenters. The van der Waals surface area contributed by atoms with Crippen LogP contribution in [0.25, 0.3) is 0 Å². The van der Waals surface area contributed by atoms with E-state index < -0.39 is 0 Å². The molecule has 0 spiro atoms. The Morgan fingerprint density at radius 2 is 2.35 bits per heavy atom. The van der Waals surface area contributed by atoms with Crippen LogP contribution in [0.3, 0.4) is 0 Å². The summed E-state index contributed by atoms with van der Waals surface area (Å²) >= 11 is 0. The van der Waals surface area contributed by atoms with Crippen LogP contribution in [0.1, 0.15) is 37.3 Å². The highest BCUT2D eigenvalue weighted by Gasteiger charge is 2.32. The van der Waals surface area contributed by atoms with Crippen molar-refractivity contribution < 1.29 is 14.6 Å². The number of hydrogen-bond acceptors (Lipinski definition) is 3. The van der Waals surface area contributed by atoms with Crippen molar-refractivity contribution in [3.8, 4) is 5.75 Å². The standard InChI is InChI=1S/C14H18O3/c1-3-17-14(16)9(2)12-6-4-10-8-11(15)5-7-13(10)12/h5,7-9,12,15H,3-4,6H2,1-2H3/t9-,12?/m0/s1. The van der Waals surface area contributed by atoms with E-state index in [4.69, 9.17) is 4.74 Å². The zero-order valence-corrected chi connectivity index (χ0v) is 10.3. The zero-order chi connectivity index (χ0) is 12.4. The molecule has 1 N–H and O–H groups in total. The Balaban J connectivity index is 2.19. The second-order valence-electron chi connectivity index (χ2n) is 4.57. The first-order valence-electron chi connectivity index (χ1n) is 6.12. The van der Waals surface area contributed by atoms with E-state index in [1.165, 1.54) is 5.56 Å². The number of aryl methyl sites for hydroxylation is 1. The Kier molecular flexibility index (Phi) is 3.36. The molecule has 0 radical (unpaired) electrons. The molecule has 0 heterocycles. The van der Waals surface area contributed by atoms with Crippen molar-refractivity contribution in [2.24, 2.45) is 5.92 Å². The highest BCUT2D eigenvalue weighted by molar-refractivity contribution is 5.73. The highest BCUT2D eigenvalue weighted by Crippen LogP contribution is 2.39. The monoisotopic (exact) mass is 234 g/mol. The molecule has 2 rings (SSSR count). The Morgan fingerprint density at radius 3 is 3.06 bits per heavy atom. The summed E-state index contributed by atoms with van der Waals surface area (Å²) in [6.45, 7) is 4.17. The van der Waals surface area contributed by atoms with E-state index in [0.29, 0.717) is 12.4 Å². The summed E-state index contributed by atoms with van der Waals surface area (Å²) in [5.74, 6) is 0.289. The summed E-state index contributed by atoms with van der Waals surface area (Å²) in [5.41, 5.74) is 2.34. The van der Waals surface area contributed by atoms with E-state index in [2.05, 4.69) is 0 Å². The zero-order valence-electron chi connectivity index (χ0n) is 10.3. The number of carbonyl (C=O) groups is 1. The molecule has 3 heteroatoms. The number of ether oxygens (including phenoxy) is 1. The summed E-state index contributed by atoms with van der Waals surface area (Å²) < 4.78 is 5.07. The van der Waals surface area contributed by atoms with Crippen molar-refractivity contribution in [1.29, 1.82) is 0 Å². The molecule has 1 aliphatic carbocycles. The minimum atomic E-state index is -0.126. The number of phenolic OH excluding ortho intramolecular Hbond substituents is 1. The minimum Gasteiger partial charge on any atom is -0.508 e. The highest BCUT2D eigenvalue weighted by atomic mass is 16.5. The first kappa shape index (κ1) is 12.0. The molecule has 0 aliphatic heterocycles. The Labute approximate surface area is 101 Å². The van der Waals surface area contributed by atoms with E-state index in [1.54, 1.807) is 12.1 Å². The van der Waals surface area contributed by atoms with Crippen LogP contribution < -0.4 is 0 Å². The number of aromatic hydroxyl groups is 1. The van der Waals surface area contributed by atoms with Gasteiger partial charge in [-0.15, -0.1) is 0 Å². The van der Waals surface area contributed by atoms with Gasteiger partial charge >= 0.3 is 5.97 Å². The maximum absolute atomic E-state index is 11.7. The molecule has 0 bridgehead atoms. The molecule has 1 aromatic carbocycles. The molecule has 0 amide bonds. The number of benzene rings is 1. The molecule has 0 aromatic heterocycles. The lowest BCUT2D eigenvalue weighted by Gasteiger charge is -2.18. The third-order valence-electron chi connectivity index (χ3n) is 3.51. The Morgan fingerprint density at radius 1 is 1.59 bits per heavy atom. The van der Waals surface area contributed by atoms with Crippen LogP contribution in [0, 0.1) is 5.92 Å². The lowest BCUT2D eigenvalue weighted by atomic mass is 9.89. The van der Waals surface area contributed by atoms with Gasteiger partial charge < -0.3 is 9.84 Å².